The molecule has 0 bridgehead atoms. The third kappa shape index (κ3) is 5.59. The molecular formula is C32H35LiO3. The molecule has 3 aromatic rings. The molecule has 0 spiro atoms. The van der Waals surface area contributed by atoms with Crippen LogP contribution < -0.4 is 33.4 Å². The Labute approximate surface area is 228 Å². The van der Waals surface area contributed by atoms with Crippen molar-refractivity contribution in [1.29, 1.82) is 0 Å². The zero-order valence-corrected chi connectivity index (χ0v) is 22.8. The van der Waals surface area contributed by atoms with Crippen molar-refractivity contribution in [3.63, 3.8) is 0 Å². The molecule has 0 saturated heterocycles. The van der Waals surface area contributed by atoms with Crippen LogP contribution in [0.5, 0.6) is 11.5 Å². The number of rotatable bonds is 4. The SMILES string of the molecule is COc1cc(C(C)(C)C)c(O/C([O-])=C2/C=Cc3ccccc3[C@H]2c2ccccc2)c(C(C)(C)C)c1.[Li+]. The first kappa shape index (κ1) is 27.7. The standard InChI is InChI=1S/C32H36O3.Li/c1-31(2,3)26-19-23(34-7)20-27(32(4,5)6)29(26)35-30(33)25-18-17-21-13-11-12-16-24(21)28(25)22-14-9-8-10-15-22;/h8-20,28,33H,1-7H3;/q;+1/p-1/b30-25-;/t28-;/m1./s1. The van der Waals surface area contributed by atoms with Crippen molar-refractivity contribution in [3.05, 3.63) is 112 Å². The third-order valence-electron chi connectivity index (χ3n) is 6.54. The summed E-state index contributed by atoms with van der Waals surface area (Å²) in [5.74, 6) is 0.869. The predicted octanol–water partition coefficient (Wildman–Crippen LogP) is 4.10. The molecule has 3 aromatic carbocycles. The molecule has 0 radical (unpaired) electrons. The number of ether oxygens (including phenoxy) is 2. The monoisotopic (exact) mass is 474 g/mol. The Kier molecular flexibility index (Phi) is 8.19. The first-order valence-electron chi connectivity index (χ1n) is 12.1. The van der Waals surface area contributed by atoms with E-state index < -0.39 is 0 Å². The molecule has 1 aliphatic rings. The van der Waals surface area contributed by atoms with E-state index in [-0.39, 0.29) is 41.6 Å². The topological polar surface area (TPSA) is 41.5 Å². The van der Waals surface area contributed by atoms with E-state index in [2.05, 4.69) is 65.8 Å². The van der Waals surface area contributed by atoms with Crippen molar-refractivity contribution in [2.45, 2.75) is 58.3 Å². The smallest absolute Gasteiger partial charge is 0.579 e. The van der Waals surface area contributed by atoms with E-state index in [0.717, 1.165) is 33.6 Å². The van der Waals surface area contributed by atoms with Gasteiger partial charge in [-0.05, 0) is 56.4 Å². The van der Waals surface area contributed by atoms with E-state index in [1.54, 1.807) is 7.11 Å². The van der Waals surface area contributed by atoms with E-state index in [1.165, 1.54) is 0 Å². The van der Waals surface area contributed by atoms with Crippen LogP contribution >= 0.6 is 0 Å². The molecule has 0 unspecified atom stereocenters. The van der Waals surface area contributed by atoms with Crippen LogP contribution in [0.15, 0.2) is 84.3 Å². The maximum Gasteiger partial charge on any atom is 1.00 e. The van der Waals surface area contributed by atoms with Gasteiger partial charge in [0.1, 0.15) is 5.75 Å². The first-order chi connectivity index (χ1) is 16.5. The molecule has 1 aliphatic carbocycles. The molecule has 0 heterocycles. The van der Waals surface area contributed by atoms with Crippen molar-refractivity contribution >= 4 is 6.08 Å². The molecule has 4 rings (SSSR count). The number of hydrogen-bond acceptors (Lipinski definition) is 3. The molecule has 4 heteroatoms. The zero-order valence-electron chi connectivity index (χ0n) is 22.8. The van der Waals surface area contributed by atoms with Crippen LogP contribution in [-0.4, -0.2) is 7.11 Å². The Hall–Kier alpha value is -2.86. The normalized spacial score (nSPS) is 16.6. The minimum Gasteiger partial charge on any atom is -0.579 e. The van der Waals surface area contributed by atoms with Gasteiger partial charge < -0.3 is 14.6 Å². The third-order valence-corrected chi connectivity index (χ3v) is 6.54. The molecule has 0 aromatic heterocycles. The summed E-state index contributed by atoms with van der Waals surface area (Å²) in [5, 5.41) is 13.9. The van der Waals surface area contributed by atoms with E-state index in [1.807, 2.05) is 54.6 Å². The summed E-state index contributed by atoms with van der Waals surface area (Å²) < 4.78 is 12.0. The van der Waals surface area contributed by atoms with E-state index >= 15 is 0 Å². The van der Waals surface area contributed by atoms with Gasteiger partial charge in [0, 0.05) is 11.7 Å². The fraction of sp³-hybridized carbons (Fsp3) is 0.312. The molecule has 36 heavy (non-hydrogen) atoms. The van der Waals surface area contributed by atoms with Gasteiger partial charge in [0.15, 0.2) is 0 Å². The number of fused-ring (bicyclic) bond motifs is 1. The molecule has 3 nitrogen and oxygen atoms in total. The molecule has 0 amide bonds. The number of allylic oxidation sites excluding steroid dienone is 2. The van der Waals surface area contributed by atoms with Crippen molar-refractivity contribution in [1.82, 2.24) is 0 Å². The van der Waals surface area contributed by atoms with Gasteiger partial charge in [0.2, 0.25) is 0 Å². The summed E-state index contributed by atoms with van der Waals surface area (Å²) in [5.41, 5.74) is 5.33. The van der Waals surface area contributed by atoms with Crippen LogP contribution in [0.2, 0.25) is 0 Å². The Morgan fingerprint density at radius 1 is 0.778 bits per heavy atom. The minimum absolute atomic E-state index is 0. The molecule has 0 aliphatic heterocycles. The second-order valence-corrected chi connectivity index (χ2v) is 11.2. The summed E-state index contributed by atoms with van der Waals surface area (Å²) >= 11 is 0. The van der Waals surface area contributed by atoms with Crippen molar-refractivity contribution in [2.75, 3.05) is 7.11 Å². The average Bonchev–Trinajstić information content (AvgIpc) is 2.82. The largest absolute Gasteiger partial charge is 1.00 e. The van der Waals surface area contributed by atoms with Crippen molar-refractivity contribution < 1.29 is 33.4 Å². The van der Waals surface area contributed by atoms with Gasteiger partial charge in [0.05, 0.1) is 13.1 Å². The van der Waals surface area contributed by atoms with Crippen LogP contribution in [0.25, 0.3) is 6.08 Å². The first-order valence-corrected chi connectivity index (χ1v) is 12.1. The maximum atomic E-state index is 13.9. The second-order valence-electron chi connectivity index (χ2n) is 11.2. The zero-order chi connectivity index (χ0) is 25.4. The van der Waals surface area contributed by atoms with Gasteiger partial charge in [-0.2, -0.15) is 0 Å². The van der Waals surface area contributed by atoms with Crippen LogP contribution in [0.3, 0.4) is 0 Å². The van der Waals surface area contributed by atoms with Crippen molar-refractivity contribution in [2.24, 2.45) is 0 Å². The van der Waals surface area contributed by atoms with Crippen LogP contribution in [0.4, 0.5) is 0 Å². The van der Waals surface area contributed by atoms with E-state index in [9.17, 15) is 5.11 Å². The maximum absolute atomic E-state index is 13.9. The summed E-state index contributed by atoms with van der Waals surface area (Å²) in [6.07, 6.45) is 3.92. The van der Waals surface area contributed by atoms with Crippen molar-refractivity contribution in [3.8, 4) is 11.5 Å². The fourth-order valence-corrected chi connectivity index (χ4v) is 4.66. The van der Waals surface area contributed by atoms with Gasteiger partial charge in [0.25, 0.3) is 0 Å². The Balaban J connectivity index is 0.00000361. The molecule has 1 atom stereocenters. The Bertz CT molecular complexity index is 1240. The minimum atomic E-state index is -0.328. The molecule has 182 valence electrons. The van der Waals surface area contributed by atoms with Crippen LogP contribution in [0.1, 0.15) is 75.3 Å². The van der Waals surface area contributed by atoms with Gasteiger partial charge in [-0.25, -0.2) is 0 Å². The van der Waals surface area contributed by atoms with Gasteiger partial charge in [-0.15, -0.1) is 0 Å². The van der Waals surface area contributed by atoms with Gasteiger partial charge in [-0.3, -0.25) is 0 Å². The molecular weight excluding hydrogens is 439 g/mol. The summed E-state index contributed by atoms with van der Waals surface area (Å²) in [6, 6.07) is 22.4. The Morgan fingerprint density at radius 3 is 1.89 bits per heavy atom. The molecule has 0 saturated carbocycles. The Morgan fingerprint density at radius 2 is 1.33 bits per heavy atom. The number of benzene rings is 3. The van der Waals surface area contributed by atoms with Crippen LogP contribution in [0, 0.1) is 0 Å². The van der Waals surface area contributed by atoms with Crippen LogP contribution in [-0.2, 0) is 10.8 Å². The quantitative estimate of drug-likeness (QED) is 0.422. The summed E-state index contributed by atoms with van der Waals surface area (Å²) in [6.45, 7) is 12.8. The van der Waals surface area contributed by atoms with Gasteiger partial charge in [-0.1, -0.05) is 108 Å². The fourth-order valence-electron chi connectivity index (χ4n) is 4.66. The number of methoxy groups -OCH3 is 1. The van der Waals surface area contributed by atoms with Gasteiger partial charge >= 0.3 is 18.9 Å². The second kappa shape index (κ2) is 10.6. The average molecular weight is 475 g/mol. The number of hydrogen-bond donors (Lipinski definition) is 0. The predicted molar refractivity (Wildman–Crippen MR) is 142 cm³/mol. The summed E-state index contributed by atoms with van der Waals surface area (Å²) in [7, 11) is 1.67. The van der Waals surface area contributed by atoms with E-state index in [4.69, 9.17) is 9.47 Å². The summed E-state index contributed by atoms with van der Waals surface area (Å²) in [4.78, 5) is 0. The molecule has 0 N–H and O–H groups in total. The molecule has 0 fully saturated rings. The van der Waals surface area contributed by atoms with E-state index in [0.29, 0.717) is 11.3 Å².